The van der Waals surface area contributed by atoms with Gasteiger partial charge in [0.15, 0.2) is 5.96 Å². The smallest absolute Gasteiger partial charge is 0.193 e. The zero-order valence-corrected chi connectivity index (χ0v) is 13.9. The molecule has 0 fully saturated rings. The van der Waals surface area contributed by atoms with Crippen LogP contribution in [0.3, 0.4) is 0 Å². The van der Waals surface area contributed by atoms with Gasteiger partial charge in [-0.05, 0) is 24.5 Å². The zero-order chi connectivity index (χ0) is 15.5. The highest BCUT2D eigenvalue weighted by atomic mass is 16.5. The van der Waals surface area contributed by atoms with Crippen molar-refractivity contribution in [3.8, 4) is 0 Å². The second kappa shape index (κ2) is 10.2. The predicted octanol–water partition coefficient (Wildman–Crippen LogP) is 2.82. The van der Waals surface area contributed by atoms with E-state index in [9.17, 15) is 0 Å². The van der Waals surface area contributed by atoms with E-state index in [4.69, 9.17) is 4.74 Å². The van der Waals surface area contributed by atoms with Gasteiger partial charge in [0.2, 0.25) is 0 Å². The predicted molar refractivity (Wildman–Crippen MR) is 89.7 cm³/mol. The molecule has 0 amide bonds. The fourth-order valence-electron chi connectivity index (χ4n) is 2.09. The van der Waals surface area contributed by atoms with Gasteiger partial charge in [0.05, 0.1) is 6.61 Å². The van der Waals surface area contributed by atoms with Crippen LogP contribution in [0.2, 0.25) is 0 Å². The third-order valence-corrected chi connectivity index (χ3v) is 3.41. The second-order valence-corrected chi connectivity index (χ2v) is 5.22. The number of nitrogens with one attached hydrogen (secondary N) is 1. The molecule has 21 heavy (non-hydrogen) atoms. The summed E-state index contributed by atoms with van der Waals surface area (Å²) in [4.78, 5) is 6.46. The first kappa shape index (κ1) is 17.5. The first-order chi connectivity index (χ1) is 10.2. The lowest BCUT2D eigenvalue weighted by Gasteiger charge is -2.23. The van der Waals surface area contributed by atoms with Crippen molar-refractivity contribution in [2.24, 2.45) is 4.99 Å². The molecule has 118 valence electrons. The average molecular weight is 291 g/mol. The Morgan fingerprint density at radius 2 is 2.05 bits per heavy atom. The van der Waals surface area contributed by atoms with E-state index in [1.807, 2.05) is 7.05 Å². The summed E-state index contributed by atoms with van der Waals surface area (Å²) in [6.07, 6.45) is 2.30. The highest BCUT2D eigenvalue weighted by molar-refractivity contribution is 5.79. The minimum Gasteiger partial charge on any atom is -0.380 e. The van der Waals surface area contributed by atoms with Crippen LogP contribution in [-0.4, -0.2) is 44.7 Å². The number of rotatable bonds is 8. The Kier molecular flexibility index (Phi) is 8.51. The minimum atomic E-state index is 0.719. The summed E-state index contributed by atoms with van der Waals surface area (Å²) in [6, 6.07) is 8.45. The van der Waals surface area contributed by atoms with E-state index < -0.39 is 0 Å². The molecule has 0 bridgehead atoms. The van der Waals surface area contributed by atoms with E-state index in [1.54, 1.807) is 0 Å². The molecule has 0 aliphatic heterocycles. The molecule has 0 saturated heterocycles. The van der Waals surface area contributed by atoms with Crippen molar-refractivity contribution >= 4 is 5.96 Å². The van der Waals surface area contributed by atoms with Gasteiger partial charge in [-0.1, -0.05) is 37.6 Å². The summed E-state index contributed by atoms with van der Waals surface area (Å²) in [5, 5.41) is 3.34. The van der Waals surface area contributed by atoms with Crippen LogP contribution in [0.25, 0.3) is 0 Å². The highest BCUT2D eigenvalue weighted by Gasteiger charge is 2.07. The summed E-state index contributed by atoms with van der Waals surface area (Å²) in [6.45, 7) is 7.51. The number of ether oxygens (including phenoxy) is 1. The quantitative estimate of drug-likeness (QED) is 0.454. The second-order valence-electron chi connectivity index (χ2n) is 5.22. The molecule has 0 saturated carbocycles. The fraction of sp³-hybridized carbons (Fsp3) is 0.588. The maximum absolute atomic E-state index is 5.55. The van der Waals surface area contributed by atoms with E-state index in [0.29, 0.717) is 0 Å². The van der Waals surface area contributed by atoms with E-state index in [1.165, 1.54) is 17.5 Å². The molecule has 0 aromatic heterocycles. The molecule has 4 nitrogen and oxygen atoms in total. The van der Waals surface area contributed by atoms with E-state index in [0.717, 1.165) is 38.7 Å². The molecule has 0 radical (unpaired) electrons. The van der Waals surface area contributed by atoms with Gasteiger partial charge in [0.25, 0.3) is 0 Å². The van der Waals surface area contributed by atoms with Crippen molar-refractivity contribution < 1.29 is 4.74 Å². The van der Waals surface area contributed by atoms with Crippen LogP contribution in [0.15, 0.2) is 29.3 Å². The van der Waals surface area contributed by atoms with Crippen LogP contribution in [0.1, 0.15) is 30.9 Å². The monoisotopic (exact) mass is 291 g/mol. The minimum absolute atomic E-state index is 0.719. The summed E-state index contributed by atoms with van der Waals surface area (Å²) >= 11 is 0. The standard InChI is InChI=1S/C17H29N3O/c1-5-6-12-21-13-11-19-17(18-3)20(4)14-16-10-8-7-9-15(16)2/h7-10H,5-6,11-14H2,1-4H3,(H,18,19). The molecule has 0 aliphatic rings. The van der Waals surface area contributed by atoms with Crippen LogP contribution in [-0.2, 0) is 11.3 Å². The van der Waals surface area contributed by atoms with Gasteiger partial charge in [-0.3, -0.25) is 4.99 Å². The van der Waals surface area contributed by atoms with Gasteiger partial charge < -0.3 is 15.0 Å². The van der Waals surface area contributed by atoms with E-state index in [-0.39, 0.29) is 0 Å². The summed E-state index contributed by atoms with van der Waals surface area (Å²) in [5.41, 5.74) is 2.63. The normalized spacial score (nSPS) is 11.5. The van der Waals surface area contributed by atoms with Crippen LogP contribution in [0.4, 0.5) is 0 Å². The Morgan fingerprint density at radius 3 is 2.71 bits per heavy atom. The van der Waals surface area contributed by atoms with Gasteiger partial charge >= 0.3 is 0 Å². The lowest BCUT2D eigenvalue weighted by molar-refractivity contribution is 0.135. The Labute approximate surface area is 129 Å². The average Bonchev–Trinajstić information content (AvgIpc) is 2.49. The van der Waals surface area contributed by atoms with Crippen molar-refractivity contribution in [2.75, 3.05) is 33.9 Å². The fourth-order valence-corrected chi connectivity index (χ4v) is 2.09. The number of unbranched alkanes of at least 4 members (excludes halogenated alkanes) is 1. The third kappa shape index (κ3) is 6.63. The number of aryl methyl sites for hydroxylation is 1. The molecule has 0 aliphatic carbocycles. The highest BCUT2D eigenvalue weighted by Crippen LogP contribution is 2.09. The zero-order valence-electron chi connectivity index (χ0n) is 13.9. The number of nitrogens with zero attached hydrogens (tertiary/aromatic N) is 2. The Bertz CT molecular complexity index is 432. The first-order valence-electron chi connectivity index (χ1n) is 7.73. The van der Waals surface area contributed by atoms with Crippen molar-refractivity contribution in [2.45, 2.75) is 33.2 Å². The van der Waals surface area contributed by atoms with Gasteiger partial charge in [-0.25, -0.2) is 0 Å². The summed E-state index contributed by atoms with van der Waals surface area (Å²) < 4.78 is 5.55. The Balaban J connectivity index is 2.36. The summed E-state index contributed by atoms with van der Waals surface area (Å²) in [5.74, 6) is 0.900. The SMILES string of the molecule is CCCCOCCNC(=NC)N(C)Cc1ccccc1C. The van der Waals surface area contributed by atoms with E-state index >= 15 is 0 Å². The molecule has 0 heterocycles. The number of benzene rings is 1. The maximum atomic E-state index is 5.55. The molecule has 0 spiro atoms. The molecular weight excluding hydrogens is 262 g/mol. The van der Waals surface area contributed by atoms with Crippen LogP contribution >= 0.6 is 0 Å². The van der Waals surface area contributed by atoms with Gasteiger partial charge in [0.1, 0.15) is 0 Å². The Hall–Kier alpha value is -1.55. The van der Waals surface area contributed by atoms with Crippen LogP contribution in [0, 0.1) is 6.92 Å². The molecule has 1 rings (SSSR count). The maximum Gasteiger partial charge on any atom is 0.193 e. The molecule has 4 heteroatoms. The number of hydrogen-bond acceptors (Lipinski definition) is 2. The van der Waals surface area contributed by atoms with Crippen LogP contribution < -0.4 is 5.32 Å². The molecule has 1 aromatic rings. The van der Waals surface area contributed by atoms with Crippen LogP contribution in [0.5, 0.6) is 0 Å². The lowest BCUT2D eigenvalue weighted by atomic mass is 10.1. The van der Waals surface area contributed by atoms with Gasteiger partial charge in [-0.15, -0.1) is 0 Å². The Morgan fingerprint density at radius 1 is 1.29 bits per heavy atom. The van der Waals surface area contributed by atoms with E-state index in [2.05, 4.69) is 60.4 Å². The van der Waals surface area contributed by atoms with Crippen molar-refractivity contribution in [1.82, 2.24) is 10.2 Å². The molecule has 1 aromatic carbocycles. The molecule has 0 unspecified atom stereocenters. The lowest BCUT2D eigenvalue weighted by Crippen LogP contribution is -2.40. The van der Waals surface area contributed by atoms with Gasteiger partial charge in [-0.2, -0.15) is 0 Å². The summed E-state index contributed by atoms with van der Waals surface area (Å²) in [7, 11) is 3.87. The number of hydrogen-bond donors (Lipinski definition) is 1. The van der Waals surface area contributed by atoms with Crippen molar-refractivity contribution in [3.05, 3.63) is 35.4 Å². The van der Waals surface area contributed by atoms with Crippen molar-refractivity contribution in [1.29, 1.82) is 0 Å². The largest absolute Gasteiger partial charge is 0.380 e. The number of guanidine groups is 1. The molecular formula is C17H29N3O. The molecule has 0 atom stereocenters. The van der Waals surface area contributed by atoms with Gasteiger partial charge in [0, 0.05) is 33.8 Å². The topological polar surface area (TPSA) is 36.9 Å². The number of aliphatic imine (C=N–C) groups is 1. The third-order valence-electron chi connectivity index (χ3n) is 3.41. The first-order valence-corrected chi connectivity index (χ1v) is 7.73. The van der Waals surface area contributed by atoms with Crippen molar-refractivity contribution in [3.63, 3.8) is 0 Å². The molecule has 1 N–H and O–H groups in total.